The van der Waals surface area contributed by atoms with E-state index in [1.165, 1.54) is 0 Å². The van der Waals surface area contributed by atoms with E-state index in [1.54, 1.807) is 12.3 Å². The molecule has 1 amide bonds. The molecule has 1 unspecified atom stereocenters. The molecule has 1 aromatic heterocycles. The number of rotatable bonds is 3. The Balaban J connectivity index is 1.92. The van der Waals surface area contributed by atoms with Crippen molar-refractivity contribution in [3.8, 4) is 0 Å². The Kier molecular flexibility index (Phi) is 3.66. The van der Waals surface area contributed by atoms with Gasteiger partial charge >= 0.3 is 0 Å². The van der Waals surface area contributed by atoms with Crippen LogP contribution in [0.15, 0.2) is 16.7 Å². The highest BCUT2D eigenvalue weighted by Gasteiger charge is 2.20. The quantitative estimate of drug-likeness (QED) is 0.900. The minimum absolute atomic E-state index is 0.113. The van der Waals surface area contributed by atoms with Gasteiger partial charge in [-0.1, -0.05) is 11.6 Å². The second-order valence-electron chi connectivity index (χ2n) is 3.67. The van der Waals surface area contributed by atoms with E-state index >= 15 is 0 Å². The average molecular weight is 305 g/mol. The number of carbonyl (C=O) groups excluding carboxylic acids is 1. The van der Waals surface area contributed by atoms with Gasteiger partial charge in [-0.3, -0.25) is 4.79 Å². The summed E-state index contributed by atoms with van der Waals surface area (Å²) < 4.78 is 0.845. The molecule has 0 bridgehead atoms. The van der Waals surface area contributed by atoms with Crippen LogP contribution in [0.5, 0.6) is 0 Å². The Labute approximate surface area is 107 Å². The molecule has 0 radical (unpaired) electrons. The molecule has 16 heavy (non-hydrogen) atoms. The van der Waals surface area contributed by atoms with E-state index in [9.17, 15) is 4.79 Å². The molecule has 2 N–H and O–H groups in total. The van der Waals surface area contributed by atoms with Crippen LogP contribution in [0, 0.1) is 0 Å². The van der Waals surface area contributed by atoms with Crippen molar-refractivity contribution in [3.05, 3.63) is 21.8 Å². The van der Waals surface area contributed by atoms with Gasteiger partial charge in [-0.15, -0.1) is 0 Å². The molecule has 0 aliphatic carbocycles. The minimum atomic E-state index is 0.113. The number of pyridine rings is 1. The number of carbonyl (C=O) groups is 1. The summed E-state index contributed by atoms with van der Waals surface area (Å²) in [6, 6.07) is 1.96. The van der Waals surface area contributed by atoms with Crippen LogP contribution in [0.1, 0.15) is 12.8 Å². The lowest BCUT2D eigenvalue weighted by Crippen LogP contribution is -2.32. The summed E-state index contributed by atoms with van der Waals surface area (Å²) in [5, 5.41) is 6.57. The van der Waals surface area contributed by atoms with Gasteiger partial charge in [-0.25, -0.2) is 4.98 Å². The fraction of sp³-hybridized carbons (Fsp3) is 0.400. The van der Waals surface area contributed by atoms with Crippen LogP contribution < -0.4 is 10.6 Å². The third-order valence-electron chi connectivity index (χ3n) is 2.41. The van der Waals surface area contributed by atoms with Crippen LogP contribution >= 0.6 is 27.5 Å². The number of amides is 1. The number of halogens is 2. The molecule has 1 atom stereocenters. The molecule has 1 fully saturated rings. The van der Waals surface area contributed by atoms with Gasteiger partial charge in [0.05, 0.1) is 5.02 Å². The van der Waals surface area contributed by atoms with Crippen molar-refractivity contribution in [2.75, 3.05) is 11.9 Å². The summed E-state index contributed by atoms with van der Waals surface area (Å²) in [7, 11) is 0. The number of aromatic nitrogens is 1. The number of nitrogens with zero attached hydrogens (tertiary/aromatic N) is 1. The summed E-state index contributed by atoms with van der Waals surface area (Å²) in [5.41, 5.74) is 0. The van der Waals surface area contributed by atoms with Gasteiger partial charge in [-0.2, -0.15) is 0 Å². The fourth-order valence-electron chi connectivity index (χ4n) is 1.59. The van der Waals surface area contributed by atoms with Crippen LogP contribution in [-0.2, 0) is 4.79 Å². The first-order valence-electron chi connectivity index (χ1n) is 4.99. The van der Waals surface area contributed by atoms with Crippen molar-refractivity contribution in [1.29, 1.82) is 0 Å². The van der Waals surface area contributed by atoms with E-state index in [4.69, 9.17) is 11.6 Å². The highest BCUT2D eigenvalue weighted by molar-refractivity contribution is 9.10. The topological polar surface area (TPSA) is 54.0 Å². The first-order valence-corrected chi connectivity index (χ1v) is 6.16. The largest absolute Gasteiger partial charge is 0.367 e. The zero-order chi connectivity index (χ0) is 11.5. The van der Waals surface area contributed by atoms with Crippen LogP contribution in [0.3, 0.4) is 0 Å². The summed E-state index contributed by atoms with van der Waals surface area (Å²) in [6.45, 7) is 0.653. The van der Waals surface area contributed by atoms with Gasteiger partial charge in [-0.05, 0) is 28.4 Å². The molecule has 0 spiro atoms. The third-order valence-corrected chi connectivity index (χ3v) is 3.13. The van der Waals surface area contributed by atoms with Crippen molar-refractivity contribution in [1.82, 2.24) is 10.3 Å². The Morgan fingerprint density at radius 3 is 3.12 bits per heavy atom. The van der Waals surface area contributed by atoms with Gasteiger partial charge in [0.15, 0.2) is 0 Å². The van der Waals surface area contributed by atoms with Crippen LogP contribution in [0.2, 0.25) is 5.02 Å². The molecule has 2 heterocycles. The highest BCUT2D eigenvalue weighted by atomic mass is 79.9. The lowest BCUT2D eigenvalue weighted by atomic mass is 10.2. The summed E-state index contributed by atoms with van der Waals surface area (Å²) in [5.74, 6) is 0.757. The normalized spacial score (nSPS) is 19.6. The Morgan fingerprint density at radius 2 is 2.50 bits per heavy atom. The van der Waals surface area contributed by atoms with E-state index in [0.717, 1.165) is 10.9 Å². The van der Waals surface area contributed by atoms with E-state index in [0.29, 0.717) is 23.8 Å². The molecule has 6 heteroatoms. The summed E-state index contributed by atoms with van der Waals surface area (Å²) >= 11 is 9.29. The molecular weight excluding hydrogens is 293 g/mol. The Bertz CT molecular complexity index is 413. The molecule has 1 aliphatic rings. The van der Waals surface area contributed by atoms with Crippen LogP contribution in [-0.4, -0.2) is 23.5 Å². The SMILES string of the molecule is O=C1CCC(CNc2ncc(Br)cc2Cl)N1. The maximum atomic E-state index is 11.0. The molecular formula is C10H11BrClN3O. The van der Waals surface area contributed by atoms with Crippen molar-refractivity contribution < 1.29 is 4.79 Å². The number of nitrogens with one attached hydrogen (secondary N) is 2. The van der Waals surface area contributed by atoms with Crippen molar-refractivity contribution in [2.24, 2.45) is 0 Å². The van der Waals surface area contributed by atoms with Gasteiger partial charge in [0.1, 0.15) is 5.82 Å². The molecule has 86 valence electrons. The van der Waals surface area contributed by atoms with E-state index in [1.807, 2.05) is 0 Å². The van der Waals surface area contributed by atoms with Gasteiger partial charge in [0.25, 0.3) is 0 Å². The Hall–Kier alpha value is -0.810. The zero-order valence-electron chi connectivity index (χ0n) is 8.46. The average Bonchev–Trinajstić information content (AvgIpc) is 2.63. The second kappa shape index (κ2) is 5.01. The van der Waals surface area contributed by atoms with Crippen molar-refractivity contribution in [2.45, 2.75) is 18.9 Å². The maximum absolute atomic E-state index is 11.0. The second-order valence-corrected chi connectivity index (χ2v) is 4.99. The van der Waals surface area contributed by atoms with Crippen LogP contribution in [0.4, 0.5) is 5.82 Å². The van der Waals surface area contributed by atoms with E-state index in [2.05, 4.69) is 31.5 Å². The van der Waals surface area contributed by atoms with Gasteiger partial charge in [0.2, 0.25) is 5.91 Å². The predicted octanol–water partition coefficient (Wildman–Crippen LogP) is 2.19. The van der Waals surface area contributed by atoms with E-state index < -0.39 is 0 Å². The smallest absolute Gasteiger partial charge is 0.220 e. The standard InChI is InChI=1S/C10H11BrClN3O/c11-6-3-8(12)10(13-4-6)14-5-7-1-2-9(16)15-7/h3-4,7H,1-2,5H2,(H,13,14)(H,15,16). The molecule has 2 rings (SSSR count). The number of hydrogen-bond acceptors (Lipinski definition) is 3. The molecule has 0 saturated carbocycles. The van der Waals surface area contributed by atoms with E-state index in [-0.39, 0.29) is 11.9 Å². The molecule has 0 aromatic carbocycles. The first-order chi connectivity index (χ1) is 7.65. The minimum Gasteiger partial charge on any atom is -0.367 e. The maximum Gasteiger partial charge on any atom is 0.220 e. The third kappa shape index (κ3) is 2.86. The lowest BCUT2D eigenvalue weighted by molar-refractivity contribution is -0.119. The van der Waals surface area contributed by atoms with Crippen molar-refractivity contribution in [3.63, 3.8) is 0 Å². The highest BCUT2D eigenvalue weighted by Crippen LogP contribution is 2.23. The zero-order valence-corrected chi connectivity index (χ0v) is 10.8. The fourth-order valence-corrected chi connectivity index (χ4v) is 2.29. The van der Waals surface area contributed by atoms with Gasteiger partial charge in [0, 0.05) is 29.7 Å². The lowest BCUT2D eigenvalue weighted by Gasteiger charge is -2.12. The van der Waals surface area contributed by atoms with Crippen molar-refractivity contribution >= 4 is 39.3 Å². The molecule has 1 aliphatic heterocycles. The Morgan fingerprint density at radius 1 is 1.69 bits per heavy atom. The molecule has 1 saturated heterocycles. The first kappa shape index (κ1) is 11.7. The predicted molar refractivity (Wildman–Crippen MR) is 66.6 cm³/mol. The number of anilines is 1. The summed E-state index contributed by atoms with van der Waals surface area (Å²) in [4.78, 5) is 15.1. The molecule has 1 aromatic rings. The molecule has 4 nitrogen and oxygen atoms in total. The number of hydrogen-bond donors (Lipinski definition) is 2. The summed E-state index contributed by atoms with van der Waals surface area (Å²) in [6.07, 6.45) is 3.15. The van der Waals surface area contributed by atoms with Crippen LogP contribution in [0.25, 0.3) is 0 Å². The van der Waals surface area contributed by atoms with Gasteiger partial charge < -0.3 is 10.6 Å². The monoisotopic (exact) mass is 303 g/mol.